The first kappa shape index (κ1) is 18.0. The number of amides is 1. The van der Waals surface area contributed by atoms with Gasteiger partial charge in [0.2, 0.25) is 11.9 Å². The molecule has 0 radical (unpaired) electrons. The topological polar surface area (TPSA) is 99.6 Å². The molecule has 1 aliphatic rings. The fourth-order valence-electron chi connectivity index (χ4n) is 3.21. The summed E-state index contributed by atoms with van der Waals surface area (Å²) in [5.41, 5.74) is 2.29. The molecule has 3 N–H and O–H groups in total. The highest BCUT2D eigenvalue weighted by atomic mass is 16.5. The van der Waals surface area contributed by atoms with E-state index in [1.165, 1.54) is 0 Å². The molecule has 0 unspecified atom stereocenters. The molecule has 3 aromatic rings. The van der Waals surface area contributed by atoms with Crippen molar-refractivity contribution in [3.8, 4) is 5.75 Å². The number of ether oxygens (including phenoxy) is 1. The number of anilines is 4. The molecular weight excluding hydrogens is 358 g/mol. The number of nitrogens with one attached hydrogen (secondary N) is 2. The SMILES string of the molecule is COc1ccc2c(c1)NC(=O)CN2c1nc(NCCCO)nc2ccccc12. The number of hydrogen-bond acceptors (Lipinski definition) is 7. The van der Waals surface area contributed by atoms with Gasteiger partial charge in [-0.05, 0) is 30.7 Å². The lowest BCUT2D eigenvalue weighted by atomic mass is 10.1. The summed E-state index contributed by atoms with van der Waals surface area (Å²) in [7, 11) is 1.59. The van der Waals surface area contributed by atoms with Crippen LogP contribution in [-0.2, 0) is 4.79 Å². The van der Waals surface area contributed by atoms with Crippen LogP contribution >= 0.6 is 0 Å². The van der Waals surface area contributed by atoms with Gasteiger partial charge in [-0.2, -0.15) is 4.98 Å². The number of methoxy groups -OCH3 is 1. The van der Waals surface area contributed by atoms with Crippen molar-refractivity contribution in [3.05, 3.63) is 42.5 Å². The van der Waals surface area contributed by atoms with E-state index >= 15 is 0 Å². The summed E-state index contributed by atoms with van der Waals surface area (Å²) in [6.45, 7) is 0.800. The molecule has 144 valence electrons. The van der Waals surface area contributed by atoms with Gasteiger partial charge in [0.25, 0.3) is 0 Å². The van der Waals surface area contributed by atoms with E-state index < -0.39 is 0 Å². The van der Waals surface area contributed by atoms with E-state index in [1.54, 1.807) is 13.2 Å². The van der Waals surface area contributed by atoms with Crippen LogP contribution in [0.3, 0.4) is 0 Å². The number of carbonyl (C=O) groups is 1. The standard InChI is InChI=1S/C20H21N5O3/c1-28-13-7-8-17-16(11-13)22-18(27)12-25(17)19-14-5-2-3-6-15(14)23-20(24-19)21-9-4-10-26/h2-3,5-8,11,26H,4,9-10,12H2,1H3,(H,22,27)(H,21,23,24). The quantitative estimate of drug-likeness (QED) is 0.566. The Balaban J connectivity index is 1.83. The highest BCUT2D eigenvalue weighted by Crippen LogP contribution is 2.39. The fourth-order valence-corrected chi connectivity index (χ4v) is 3.21. The first-order valence-electron chi connectivity index (χ1n) is 9.06. The second kappa shape index (κ2) is 7.69. The van der Waals surface area contributed by atoms with Gasteiger partial charge >= 0.3 is 0 Å². The van der Waals surface area contributed by atoms with E-state index in [-0.39, 0.29) is 19.1 Å². The van der Waals surface area contributed by atoms with Crippen molar-refractivity contribution < 1.29 is 14.6 Å². The second-order valence-corrected chi connectivity index (χ2v) is 6.41. The number of carbonyl (C=O) groups excluding carboxylic acids is 1. The van der Waals surface area contributed by atoms with Crippen LogP contribution in [0.1, 0.15) is 6.42 Å². The van der Waals surface area contributed by atoms with Crippen LogP contribution < -0.4 is 20.3 Å². The third-order valence-electron chi connectivity index (χ3n) is 4.53. The molecule has 0 fully saturated rings. The average Bonchev–Trinajstić information content (AvgIpc) is 2.72. The summed E-state index contributed by atoms with van der Waals surface area (Å²) >= 11 is 0. The van der Waals surface area contributed by atoms with Gasteiger partial charge in [0, 0.05) is 24.6 Å². The van der Waals surface area contributed by atoms with E-state index in [1.807, 2.05) is 41.3 Å². The van der Waals surface area contributed by atoms with Gasteiger partial charge in [0.1, 0.15) is 18.1 Å². The minimum absolute atomic E-state index is 0.0922. The Morgan fingerprint density at radius 2 is 2.11 bits per heavy atom. The summed E-state index contributed by atoms with van der Waals surface area (Å²) in [5, 5.41) is 15.9. The number of fused-ring (bicyclic) bond motifs is 2. The monoisotopic (exact) mass is 379 g/mol. The van der Waals surface area contributed by atoms with Gasteiger partial charge in [0.15, 0.2) is 0 Å². The molecule has 0 bridgehead atoms. The zero-order valence-corrected chi connectivity index (χ0v) is 15.5. The van der Waals surface area contributed by atoms with Gasteiger partial charge in [-0.1, -0.05) is 12.1 Å². The molecule has 28 heavy (non-hydrogen) atoms. The number of rotatable bonds is 6. The lowest BCUT2D eigenvalue weighted by Gasteiger charge is -2.31. The largest absolute Gasteiger partial charge is 0.497 e. The van der Waals surface area contributed by atoms with E-state index in [4.69, 9.17) is 9.84 Å². The van der Waals surface area contributed by atoms with Crippen molar-refractivity contribution in [3.63, 3.8) is 0 Å². The van der Waals surface area contributed by atoms with Gasteiger partial charge in [-0.25, -0.2) is 4.98 Å². The van der Waals surface area contributed by atoms with E-state index in [2.05, 4.69) is 20.6 Å². The molecule has 1 aliphatic heterocycles. The molecular formula is C20H21N5O3. The summed E-state index contributed by atoms with van der Waals surface area (Å²) in [6.07, 6.45) is 0.597. The molecule has 1 aromatic heterocycles. The molecule has 4 rings (SSSR count). The maximum atomic E-state index is 12.4. The lowest BCUT2D eigenvalue weighted by molar-refractivity contribution is -0.115. The third-order valence-corrected chi connectivity index (χ3v) is 4.53. The Bertz CT molecular complexity index is 1020. The van der Waals surface area contributed by atoms with Crippen LogP contribution in [0, 0.1) is 0 Å². The summed E-state index contributed by atoms with van der Waals surface area (Å²) in [5.74, 6) is 1.65. The average molecular weight is 379 g/mol. The smallest absolute Gasteiger partial charge is 0.244 e. The Labute approximate surface area is 162 Å². The number of aromatic nitrogens is 2. The maximum Gasteiger partial charge on any atom is 0.244 e. The first-order chi connectivity index (χ1) is 13.7. The van der Waals surface area contributed by atoms with E-state index in [0.717, 1.165) is 16.6 Å². The number of aliphatic hydroxyl groups excluding tert-OH is 1. The first-order valence-corrected chi connectivity index (χ1v) is 9.06. The van der Waals surface area contributed by atoms with Crippen LogP contribution in [0.4, 0.5) is 23.1 Å². The van der Waals surface area contributed by atoms with Gasteiger partial charge in [0.05, 0.1) is 24.0 Å². The minimum atomic E-state index is -0.127. The minimum Gasteiger partial charge on any atom is -0.497 e. The van der Waals surface area contributed by atoms with Gasteiger partial charge in [-0.3, -0.25) is 4.79 Å². The van der Waals surface area contributed by atoms with E-state index in [0.29, 0.717) is 36.2 Å². The highest BCUT2D eigenvalue weighted by Gasteiger charge is 2.26. The summed E-state index contributed by atoms with van der Waals surface area (Å²) in [4.78, 5) is 23.5. The molecule has 2 aromatic carbocycles. The van der Waals surface area contributed by atoms with Crippen LogP contribution in [0.5, 0.6) is 5.75 Å². The zero-order valence-electron chi connectivity index (χ0n) is 15.5. The van der Waals surface area contributed by atoms with Gasteiger partial charge < -0.3 is 25.4 Å². The molecule has 2 heterocycles. The summed E-state index contributed by atoms with van der Waals surface area (Å²) < 4.78 is 5.27. The Morgan fingerprint density at radius 1 is 1.25 bits per heavy atom. The molecule has 0 saturated heterocycles. The Kier molecular flexibility index (Phi) is 4.94. The maximum absolute atomic E-state index is 12.4. The van der Waals surface area contributed by atoms with Crippen molar-refractivity contribution in [1.82, 2.24) is 9.97 Å². The molecule has 0 aliphatic carbocycles. The van der Waals surface area contributed by atoms with Crippen molar-refractivity contribution >= 4 is 40.0 Å². The zero-order chi connectivity index (χ0) is 19.5. The third kappa shape index (κ3) is 3.41. The Morgan fingerprint density at radius 3 is 2.93 bits per heavy atom. The van der Waals surface area contributed by atoms with Crippen molar-refractivity contribution in [1.29, 1.82) is 0 Å². The molecule has 0 saturated carbocycles. The molecule has 0 atom stereocenters. The van der Waals surface area contributed by atoms with Crippen LogP contribution in [0.2, 0.25) is 0 Å². The predicted molar refractivity (Wildman–Crippen MR) is 108 cm³/mol. The number of benzene rings is 2. The predicted octanol–water partition coefficient (Wildman–Crippen LogP) is 2.52. The number of hydrogen-bond donors (Lipinski definition) is 3. The number of nitrogens with zero attached hydrogens (tertiary/aromatic N) is 3. The number of para-hydroxylation sites is 1. The Hall–Kier alpha value is -3.39. The van der Waals surface area contributed by atoms with E-state index in [9.17, 15) is 4.79 Å². The highest BCUT2D eigenvalue weighted by molar-refractivity contribution is 6.05. The number of aliphatic hydroxyl groups is 1. The van der Waals surface area contributed by atoms with Crippen LogP contribution in [0.15, 0.2) is 42.5 Å². The van der Waals surface area contributed by atoms with Crippen LogP contribution in [0.25, 0.3) is 10.9 Å². The van der Waals surface area contributed by atoms with Crippen molar-refractivity contribution in [2.45, 2.75) is 6.42 Å². The second-order valence-electron chi connectivity index (χ2n) is 6.41. The summed E-state index contributed by atoms with van der Waals surface area (Å²) in [6, 6.07) is 13.2. The van der Waals surface area contributed by atoms with Crippen LogP contribution in [-0.4, -0.2) is 47.8 Å². The molecule has 0 spiro atoms. The van der Waals surface area contributed by atoms with Crippen molar-refractivity contribution in [2.75, 3.05) is 42.3 Å². The van der Waals surface area contributed by atoms with Gasteiger partial charge in [-0.15, -0.1) is 0 Å². The van der Waals surface area contributed by atoms with Crippen molar-refractivity contribution in [2.24, 2.45) is 0 Å². The molecule has 1 amide bonds. The fraction of sp³-hybridized carbons (Fsp3) is 0.250. The molecule has 8 nitrogen and oxygen atoms in total. The lowest BCUT2D eigenvalue weighted by Crippen LogP contribution is -2.35. The molecule has 8 heteroatoms. The normalized spacial score (nSPS) is 13.2.